The number of nitrogens with one attached hydrogen (secondary N) is 1. The van der Waals surface area contributed by atoms with Crippen molar-refractivity contribution < 1.29 is 0 Å². The molecule has 3 nitrogen and oxygen atoms in total. The monoisotopic (exact) mass is 349 g/mol. The molecule has 0 saturated heterocycles. The number of anilines is 1. The highest BCUT2D eigenvalue weighted by molar-refractivity contribution is 9.10. The number of hydrogen-bond acceptors (Lipinski definition) is 4. The van der Waals surface area contributed by atoms with Crippen LogP contribution in [0.15, 0.2) is 39.7 Å². The van der Waals surface area contributed by atoms with Crippen LogP contribution in [-0.4, -0.2) is 17.0 Å². The summed E-state index contributed by atoms with van der Waals surface area (Å²) < 4.78 is 1.02. The number of thioether (sulfide) groups is 1. The van der Waals surface area contributed by atoms with Crippen molar-refractivity contribution in [2.24, 2.45) is 0 Å². The molecular formula is C15H16BrN3S. The van der Waals surface area contributed by atoms with Gasteiger partial charge in [-0.1, -0.05) is 18.2 Å². The highest BCUT2D eigenvalue weighted by atomic mass is 79.9. The Morgan fingerprint density at radius 3 is 2.65 bits per heavy atom. The second kappa shape index (κ2) is 6.14. The van der Waals surface area contributed by atoms with E-state index in [2.05, 4.69) is 50.5 Å². The molecule has 0 aliphatic heterocycles. The summed E-state index contributed by atoms with van der Waals surface area (Å²) in [5, 5.41) is 3.15. The minimum atomic E-state index is 0.611. The molecule has 0 amide bonds. The van der Waals surface area contributed by atoms with Crippen LogP contribution in [0, 0.1) is 0 Å². The minimum Gasteiger partial charge on any atom is -0.372 e. The maximum atomic E-state index is 4.74. The maximum absolute atomic E-state index is 4.74. The normalized spacial score (nSPS) is 14.3. The number of rotatable bonds is 5. The average Bonchev–Trinajstić information content (AvgIpc) is 3.32. The summed E-state index contributed by atoms with van der Waals surface area (Å²) in [6, 6.07) is 10.4. The van der Waals surface area contributed by atoms with Gasteiger partial charge in [-0.15, -0.1) is 11.8 Å². The summed E-state index contributed by atoms with van der Waals surface area (Å²) in [4.78, 5) is 10.6. The number of hydrogen-bond donors (Lipinski definition) is 1. The Bertz CT molecular complexity index is 600. The van der Waals surface area contributed by atoms with E-state index in [0.717, 1.165) is 27.6 Å². The molecule has 1 aliphatic carbocycles. The molecule has 1 fully saturated rings. The van der Waals surface area contributed by atoms with Crippen LogP contribution in [0.5, 0.6) is 0 Å². The van der Waals surface area contributed by atoms with E-state index in [1.54, 1.807) is 11.8 Å². The van der Waals surface area contributed by atoms with E-state index in [4.69, 9.17) is 4.98 Å². The fraction of sp³-hybridized carbons (Fsp3) is 0.333. The summed E-state index contributed by atoms with van der Waals surface area (Å²) in [6.07, 6.45) is 2.48. The third-order valence-corrected chi connectivity index (χ3v) is 5.02. The second-order valence-electron chi connectivity index (χ2n) is 4.81. The Labute approximate surface area is 131 Å². The Morgan fingerprint density at radius 1 is 1.25 bits per heavy atom. The Hall–Kier alpha value is -1.07. The smallest absolute Gasteiger partial charge is 0.144 e. The summed E-state index contributed by atoms with van der Waals surface area (Å²) in [7, 11) is 1.90. The van der Waals surface area contributed by atoms with Gasteiger partial charge >= 0.3 is 0 Å². The van der Waals surface area contributed by atoms with E-state index in [9.17, 15) is 0 Å². The van der Waals surface area contributed by atoms with E-state index in [1.165, 1.54) is 17.7 Å². The quantitative estimate of drug-likeness (QED) is 0.809. The second-order valence-corrected chi connectivity index (χ2v) is 6.66. The van der Waals surface area contributed by atoms with Gasteiger partial charge in [0, 0.05) is 17.9 Å². The molecule has 1 aliphatic rings. The van der Waals surface area contributed by atoms with Gasteiger partial charge in [0.15, 0.2) is 0 Å². The van der Waals surface area contributed by atoms with Gasteiger partial charge in [-0.25, -0.2) is 9.97 Å². The number of aromatic nitrogens is 2. The summed E-state index contributed by atoms with van der Waals surface area (Å²) >= 11 is 5.39. The van der Waals surface area contributed by atoms with Crippen LogP contribution in [0.2, 0.25) is 0 Å². The van der Waals surface area contributed by atoms with Crippen molar-refractivity contribution in [2.75, 3.05) is 12.4 Å². The molecule has 0 bridgehead atoms. The SMILES string of the molecule is CNc1nc(CSc2ccccc2)nc(C2CC2)c1Br. The molecule has 2 aromatic rings. The van der Waals surface area contributed by atoms with E-state index in [1.807, 2.05) is 13.1 Å². The molecule has 0 atom stereocenters. The predicted molar refractivity (Wildman–Crippen MR) is 87.3 cm³/mol. The topological polar surface area (TPSA) is 37.8 Å². The molecule has 1 saturated carbocycles. The van der Waals surface area contributed by atoms with Gasteiger partial charge in [0.1, 0.15) is 11.6 Å². The lowest BCUT2D eigenvalue weighted by Gasteiger charge is -2.10. The zero-order chi connectivity index (χ0) is 13.9. The van der Waals surface area contributed by atoms with Gasteiger partial charge in [0.05, 0.1) is 15.9 Å². The van der Waals surface area contributed by atoms with Crippen LogP contribution in [0.25, 0.3) is 0 Å². The lowest BCUT2D eigenvalue weighted by atomic mass is 10.2. The molecule has 5 heteroatoms. The van der Waals surface area contributed by atoms with Crippen molar-refractivity contribution in [3.8, 4) is 0 Å². The molecule has 0 unspecified atom stereocenters. The van der Waals surface area contributed by atoms with Crippen molar-refractivity contribution in [3.05, 3.63) is 46.3 Å². The molecule has 104 valence electrons. The van der Waals surface area contributed by atoms with Crippen LogP contribution >= 0.6 is 27.7 Å². The first kappa shape index (κ1) is 13.9. The van der Waals surface area contributed by atoms with Crippen LogP contribution in [0.4, 0.5) is 5.82 Å². The third-order valence-electron chi connectivity index (χ3n) is 3.24. The average molecular weight is 350 g/mol. The van der Waals surface area contributed by atoms with E-state index in [0.29, 0.717) is 5.92 Å². The summed E-state index contributed by atoms with van der Waals surface area (Å²) in [5.74, 6) is 3.20. The van der Waals surface area contributed by atoms with Crippen molar-refractivity contribution in [1.82, 2.24) is 9.97 Å². The van der Waals surface area contributed by atoms with Crippen molar-refractivity contribution >= 4 is 33.5 Å². The first-order valence-corrected chi connectivity index (χ1v) is 8.47. The number of halogens is 1. The zero-order valence-corrected chi connectivity index (χ0v) is 13.7. The van der Waals surface area contributed by atoms with Crippen LogP contribution in [0.1, 0.15) is 30.3 Å². The van der Waals surface area contributed by atoms with Gasteiger partial charge < -0.3 is 5.32 Å². The first-order chi connectivity index (χ1) is 9.78. The van der Waals surface area contributed by atoms with E-state index < -0.39 is 0 Å². The Morgan fingerprint density at radius 2 is 2.00 bits per heavy atom. The Kier molecular flexibility index (Phi) is 4.27. The van der Waals surface area contributed by atoms with Crippen LogP contribution in [0.3, 0.4) is 0 Å². The van der Waals surface area contributed by atoms with Crippen LogP contribution < -0.4 is 5.32 Å². The molecule has 20 heavy (non-hydrogen) atoms. The fourth-order valence-corrected chi connectivity index (χ4v) is 3.51. The largest absolute Gasteiger partial charge is 0.372 e. The molecule has 1 aromatic carbocycles. The van der Waals surface area contributed by atoms with Crippen molar-refractivity contribution in [2.45, 2.75) is 29.4 Å². The lowest BCUT2D eigenvalue weighted by Crippen LogP contribution is -2.04. The van der Waals surface area contributed by atoms with Gasteiger partial charge in [-0.05, 0) is 40.9 Å². The maximum Gasteiger partial charge on any atom is 0.144 e. The van der Waals surface area contributed by atoms with E-state index in [-0.39, 0.29) is 0 Å². The number of nitrogens with zero attached hydrogens (tertiary/aromatic N) is 2. The van der Waals surface area contributed by atoms with Gasteiger partial charge in [-0.2, -0.15) is 0 Å². The van der Waals surface area contributed by atoms with E-state index >= 15 is 0 Å². The predicted octanol–water partition coefficient (Wildman–Crippen LogP) is 4.45. The minimum absolute atomic E-state index is 0.611. The first-order valence-electron chi connectivity index (χ1n) is 6.70. The highest BCUT2D eigenvalue weighted by Crippen LogP contribution is 2.44. The number of benzene rings is 1. The van der Waals surface area contributed by atoms with Crippen molar-refractivity contribution in [3.63, 3.8) is 0 Å². The molecular weight excluding hydrogens is 334 g/mol. The van der Waals surface area contributed by atoms with Gasteiger partial charge in [-0.3, -0.25) is 0 Å². The third kappa shape index (κ3) is 3.15. The molecule has 0 spiro atoms. The Balaban J connectivity index is 1.80. The van der Waals surface area contributed by atoms with Crippen LogP contribution in [-0.2, 0) is 5.75 Å². The molecule has 1 heterocycles. The standard InChI is InChI=1S/C15H16BrN3S/c1-17-15-13(16)14(10-7-8-10)18-12(19-15)9-20-11-5-3-2-4-6-11/h2-6,10H,7-9H2,1H3,(H,17,18,19). The molecule has 3 rings (SSSR count). The molecule has 0 radical (unpaired) electrons. The van der Waals surface area contributed by atoms with Gasteiger partial charge in [0.25, 0.3) is 0 Å². The molecule has 1 N–H and O–H groups in total. The summed E-state index contributed by atoms with van der Waals surface area (Å²) in [5.41, 5.74) is 1.16. The molecule has 1 aromatic heterocycles. The zero-order valence-electron chi connectivity index (χ0n) is 11.3. The van der Waals surface area contributed by atoms with Crippen molar-refractivity contribution in [1.29, 1.82) is 0 Å². The van der Waals surface area contributed by atoms with Gasteiger partial charge in [0.2, 0.25) is 0 Å². The fourth-order valence-electron chi connectivity index (χ4n) is 2.03. The highest BCUT2D eigenvalue weighted by Gasteiger charge is 2.29. The lowest BCUT2D eigenvalue weighted by molar-refractivity contribution is 0.922. The summed E-state index contributed by atoms with van der Waals surface area (Å²) in [6.45, 7) is 0.